The van der Waals surface area contributed by atoms with E-state index in [1.165, 1.54) is 0 Å². The second-order valence-electron chi connectivity index (χ2n) is 5.70. The summed E-state index contributed by atoms with van der Waals surface area (Å²) in [5.41, 5.74) is 5.15. The molecule has 0 aromatic heterocycles. The third-order valence-corrected chi connectivity index (χ3v) is 5.73. The quantitative estimate of drug-likeness (QED) is 0.789. The van der Waals surface area contributed by atoms with Crippen molar-refractivity contribution in [2.75, 3.05) is 19.6 Å². The first-order valence-corrected chi connectivity index (χ1v) is 8.25. The van der Waals surface area contributed by atoms with E-state index in [1.807, 2.05) is 20.8 Å². The van der Waals surface area contributed by atoms with E-state index in [-0.39, 0.29) is 5.92 Å². The van der Waals surface area contributed by atoms with Gasteiger partial charge in [0.2, 0.25) is 0 Å². The molecule has 0 saturated carbocycles. The van der Waals surface area contributed by atoms with E-state index < -0.39 is 15.7 Å². The molecule has 0 aromatic carbocycles. The van der Waals surface area contributed by atoms with E-state index in [1.54, 1.807) is 4.31 Å². The molecule has 1 saturated heterocycles. The Labute approximate surface area is 111 Å². The van der Waals surface area contributed by atoms with Crippen molar-refractivity contribution in [1.29, 1.82) is 0 Å². The second-order valence-corrected chi connectivity index (χ2v) is 7.37. The van der Waals surface area contributed by atoms with Crippen LogP contribution in [0, 0.1) is 5.92 Å². The van der Waals surface area contributed by atoms with E-state index >= 15 is 0 Å². The molecule has 1 heterocycles. The Kier molecular flexibility index (Phi) is 5.58. The average Bonchev–Trinajstić information content (AvgIpc) is 2.57. The minimum absolute atomic E-state index is 0.157. The molecule has 0 amide bonds. The summed E-state index contributed by atoms with van der Waals surface area (Å²) in [5.74, 6) is 0.157. The molecular weight excluding hydrogens is 250 g/mol. The fraction of sp³-hybridized carbons (Fsp3) is 1.00. The number of nitrogens with one attached hydrogen (secondary N) is 1. The Morgan fingerprint density at radius 1 is 1.22 bits per heavy atom. The topological polar surface area (TPSA) is 75.4 Å². The molecule has 108 valence electrons. The number of hydrogen-bond donors (Lipinski definition) is 2. The van der Waals surface area contributed by atoms with Gasteiger partial charge in [-0.15, -0.1) is 0 Å². The third-order valence-electron chi connectivity index (χ3n) is 3.97. The van der Waals surface area contributed by atoms with Crippen molar-refractivity contribution in [3.63, 3.8) is 0 Å². The van der Waals surface area contributed by atoms with Gasteiger partial charge in [-0.2, -0.15) is 17.4 Å². The lowest BCUT2D eigenvalue weighted by Gasteiger charge is -2.35. The highest BCUT2D eigenvalue weighted by Gasteiger charge is 2.34. The lowest BCUT2D eigenvalue weighted by molar-refractivity contribution is 0.300. The highest BCUT2D eigenvalue weighted by Crippen LogP contribution is 2.19. The minimum atomic E-state index is -3.42. The molecule has 18 heavy (non-hydrogen) atoms. The number of nitrogens with zero attached hydrogens (tertiary/aromatic N) is 1. The summed E-state index contributed by atoms with van der Waals surface area (Å²) in [6, 6.07) is 0. The van der Waals surface area contributed by atoms with Gasteiger partial charge in [-0.25, -0.2) is 0 Å². The number of hydrogen-bond acceptors (Lipinski definition) is 3. The van der Waals surface area contributed by atoms with Crippen molar-refractivity contribution in [3.05, 3.63) is 0 Å². The molecule has 3 N–H and O–H groups in total. The van der Waals surface area contributed by atoms with Crippen LogP contribution in [0.15, 0.2) is 0 Å². The van der Waals surface area contributed by atoms with Gasteiger partial charge in [0.1, 0.15) is 0 Å². The molecule has 0 spiro atoms. The van der Waals surface area contributed by atoms with Crippen molar-refractivity contribution in [1.82, 2.24) is 9.03 Å². The highest BCUT2D eigenvalue weighted by molar-refractivity contribution is 7.87. The van der Waals surface area contributed by atoms with Gasteiger partial charge in [0, 0.05) is 25.2 Å². The first kappa shape index (κ1) is 15.9. The van der Waals surface area contributed by atoms with Crippen LogP contribution in [0.2, 0.25) is 0 Å². The molecule has 1 unspecified atom stereocenters. The molecule has 0 bridgehead atoms. The SMILES string of the molecule is CC(C)C(C)(CN)NS(=O)(=O)N1CCCCCC1. The maximum Gasteiger partial charge on any atom is 0.279 e. The third kappa shape index (κ3) is 3.91. The number of rotatable bonds is 5. The lowest BCUT2D eigenvalue weighted by Crippen LogP contribution is -2.58. The largest absolute Gasteiger partial charge is 0.329 e. The monoisotopic (exact) mass is 277 g/mol. The Morgan fingerprint density at radius 2 is 1.72 bits per heavy atom. The minimum Gasteiger partial charge on any atom is -0.329 e. The van der Waals surface area contributed by atoms with Gasteiger partial charge >= 0.3 is 0 Å². The molecule has 1 atom stereocenters. The van der Waals surface area contributed by atoms with Crippen molar-refractivity contribution in [2.24, 2.45) is 11.7 Å². The number of nitrogens with two attached hydrogens (primary N) is 1. The van der Waals surface area contributed by atoms with Gasteiger partial charge < -0.3 is 5.73 Å². The summed E-state index contributed by atoms with van der Waals surface area (Å²) in [7, 11) is -3.42. The van der Waals surface area contributed by atoms with Crippen molar-refractivity contribution in [2.45, 2.75) is 52.0 Å². The van der Waals surface area contributed by atoms with Crippen LogP contribution in [0.3, 0.4) is 0 Å². The van der Waals surface area contributed by atoms with Crippen LogP contribution in [-0.4, -0.2) is 37.9 Å². The molecule has 0 radical (unpaired) electrons. The summed E-state index contributed by atoms with van der Waals surface area (Å²) in [5, 5.41) is 0. The molecule has 5 nitrogen and oxygen atoms in total. The van der Waals surface area contributed by atoms with E-state index in [0.29, 0.717) is 19.6 Å². The fourth-order valence-corrected chi connectivity index (χ4v) is 3.81. The highest BCUT2D eigenvalue weighted by atomic mass is 32.2. The van der Waals surface area contributed by atoms with Gasteiger partial charge in [-0.1, -0.05) is 26.7 Å². The molecule has 1 aliphatic heterocycles. The molecule has 0 aliphatic carbocycles. The van der Waals surface area contributed by atoms with Crippen LogP contribution >= 0.6 is 0 Å². The zero-order valence-electron chi connectivity index (χ0n) is 11.8. The molecule has 0 aromatic rings. The van der Waals surface area contributed by atoms with Gasteiger partial charge in [-0.3, -0.25) is 0 Å². The zero-order chi connectivity index (χ0) is 13.8. The van der Waals surface area contributed by atoms with E-state index in [4.69, 9.17) is 5.73 Å². The first-order valence-electron chi connectivity index (χ1n) is 6.81. The maximum absolute atomic E-state index is 12.4. The van der Waals surface area contributed by atoms with Crippen molar-refractivity contribution in [3.8, 4) is 0 Å². The lowest BCUT2D eigenvalue weighted by atomic mass is 9.90. The summed E-state index contributed by atoms with van der Waals surface area (Å²) >= 11 is 0. The molecule has 1 fully saturated rings. The van der Waals surface area contributed by atoms with Crippen LogP contribution < -0.4 is 10.5 Å². The second kappa shape index (κ2) is 6.32. The van der Waals surface area contributed by atoms with Gasteiger partial charge in [0.25, 0.3) is 10.2 Å². The summed E-state index contributed by atoms with van der Waals surface area (Å²) in [6.45, 7) is 7.38. The standard InChI is InChI=1S/C12H27N3O2S/c1-11(2)12(3,10-13)14-18(16,17)15-8-6-4-5-7-9-15/h11,14H,4-10,13H2,1-3H3. The predicted octanol–water partition coefficient (Wildman–Crippen LogP) is 1.07. The van der Waals surface area contributed by atoms with Crippen LogP contribution in [-0.2, 0) is 10.2 Å². The maximum atomic E-state index is 12.4. The molecule has 1 aliphatic rings. The van der Waals surface area contributed by atoms with E-state index in [2.05, 4.69) is 4.72 Å². The summed E-state index contributed by atoms with van der Waals surface area (Å²) in [6.07, 6.45) is 4.12. The van der Waals surface area contributed by atoms with Gasteiger partial charge in [-0.05, 0) is 25.7 Å². The Morgan fingerprint density at radius 3 is 2.11 bits per heavy atom. The molecular formula is C12H27N3O2S. The Balaban J connectivity index is 2.79. The predicted molar refractivity (Wildman–Crippen MR) is 74.4 cm³/mol. The molecule has 1 rings (SSSR count). The van der Waals surface area contributed by atoms with Crippen LogP contribution in [0.1, 0.15) is 46.5 Å². The van der Waals surface area contributed by atoms with Crippen molar-refractivity contribution < 1.29 is 8.42 Å². The van der Waals surface area contributed by atoms with Gasteiger partial charge in [0.05, 0.1) is 0 Å². The van der Waals surface area contributed by atoms with Crippen LogP contribution in [0.4, 0.5) is 0 Å². The van der Waals surface area contributed by atoms with E-state index in [0.717, 1.165) is 25.7 Å². The normalized spacial score (nSPS) is 22.7. The van der Waals surface area contributed by atoms with Crippen molar-refractivity contribution >= 4 is 10.2 Å². The fourth-order valence-electron chi connectivity index (χ4n) is 2.04. The average molecular weight is 277 g/mol. The van der Waals surface area contributed by atoms with E-state index in [9.17, 15) is 8.42 Å². The Hall–Kier alpha value is -0.170. The Bertz CT molecular complexity index is 348. The van der Waals surface area contributed by atoms with Crippen LogP contribution in [0.25, 0.3) is 0 Å². The van der Waals surface area contributed by atoms with Gasteiger partial charge in [0.15, 0.2) is 0 Å². The zero-order valence-corrected chi connectivity index (χ0v) is 12.6. The summed E-state index contributed by atoms with van der Waals surface area (Å²) < 4.78 is 29.1. The smallest absolute Gasteiger partial charge is 0.279 e. The van der Waals surface area contributed by atoms with Crippen LogP contribution in [0.5, 0.6) is 0 Å². The first-order chi connectivity index (χ1) is 8.32. The summed E-state index contributed by atoms with van der Waals surface area (Å²) in [4.78, 5) is 0. The molecule has 6 heteroatoms.